The van der Waals surface area contributed by atoms with Crippen LogP contribution in [0.4, 0.5) is 0 Å². The Morgan fingerprint density at radius 1 is 1.11 bits per heavy atom. The number of halogens is 1. The zero-order valence-corrected chi connectivity index (χ0v) is 9.59. The molecule has 0 atom stereocenters. The van der Waals surface area contributed by atoms with Gasteiger partial charge in [0.2, 0.25) is 0 Å². The lowest BCUT2D eigenvalue weighted by Gasteiger charge is -2.13. The molecule has 0 aromatic carbocycles. The molecule has 58 valence electrons. The molecule has 0 nitrogen and oxygen atoms in total. The average Bonchev–Trinajstić information content (AvgIpc) is 1.21. The Hall–Kier alpha value is 0.910. The molecule has 0 spiro atoms. The van der Waals surface area contributed by atoms with Crippen LogP contribution in [-0.4, -0.2) is 26.2 Å². The Bertz CT molecular complexity index is 63.8. The normalized spacial score (nSPS) is 11.3. The Morgan fingerprint density at radius 3 is 1.44 bits per heavy atom. The number of hydrogen-bond donors (Lipinski definition) is 0. The van der Waals surface area contributed by atoms with Crippen LogP contribution in [0.1, 0.15) is 13.8 Å². The summed E-state index contributed by atoms with van der Waals surface area (Å²) in [4.78, 5) is 0. The molecule has 0 saturated carbocycles. The van der Waals surface area contributed by atoms with Gasteiger partial charge in [0.15, 0.2) is 0 Å². The lowest BCUT2D eigenvalue weighted by atomic mass is 10.3. The molecule has 0 fully saturated rings. The summed E-state index contributed by atoms with van der Waals surface area (Å²) in [6.07, 6.45) is 1.44. The SMILES string of the molecule is CC(C)C[P+](C)(C)C.[Br-]. The lowest BCUT2D eigenvalue weighted by molar-refractivity contribution is -0.00000231. The van der Waals surface area contributed by atoms with Crippen LogP contribution in [0.25, 0.3) is 0 Å². The molecule has 2 heteroatoms. The predicted octanol–water partition coefficient (Wildman–Crippen LogP) is -0.447. The Balaban J connectivity index is 0. The molecule has 0 bridgehead atoms. The van der Waals surface area contributed by atoms with E-state index in [-0.39, 0.29) is 17.0 Å². The Kier molecular flexibility index (Phi) is 6.54. The van der Waals surface area contributed by atoms with Crippen LogP contribution in [0.5, 0.6) is 0 Å². The summed E-state index contributed by atoms with van der Waals surface area (Å²) in [5, 5.41) is 0. The maximum absolute atomic E-state index is 2.40. The van der Waals surface area contributed by atoms with Gasteiger partial charge >= 0.3 is 0 Å². The van der Waals surface area contributed by atoms with E-state index in [9.17, 15) is 0 Å². The van der Waals surface area contributed by atoms with Crippen LogP contribution in [-0.2, 0) is 0 Å². The molecule has 0 radical (unpaired) electrons. The van der Waals surface area contributed by atoms with Gasteiger partial charge in [-0.15, -0.1) is 0 Å². The van der Waals surface area contributed by atoms with Gasteiger partial charge in [0.05, 0.1) is 6.16 Å². The van der Waals surface area contributed by atoms with Crippen LogP contribution >= 0.6 is 7.26 Å². The van der Waals surface area contributed by atoms with E-state index >= 15 is 0 Å². The van der Waals surface area contributed by atoms with E-state index in [1.54, 1.807) is 0 Å². The number of rotatable bonds is 2. The van der Waals surface area contributed by atoms with Gasteiger partial charge in [-0.2, -0.15) is 0 Å². The first-order valence-electron chi connectivity index (χ1n) is 3.22. The molecular weight excluding hydrogens is 195 g/mol. The van der Waals surface area contributed by atoms with Crippen molar-refractivity contribution in [3.05, 3.63) is 0 Å². The Morgan fingerprint density at radius 2 is 1.44 bits per heavy atom. The van der Waals surface area contributed by atoms with Crippen LogP contribution in [0.3, 0.4) is 0 Å². The highest BCUT2D eigenvalue weighted by Crippen LogP contribution is 2.47. The molecule has 0 aromatic rings. The highest BCUT2D eigenvalue weighted by molar-refractivity contribution is 7.73. The second-order valence-corrected chi connectivity index (χ2v) is 8.81. The van der Waals surface area contributed by atoms with E-state index < -0.39 is 7.26 Å². The van der Waals surface area contributed by atoms with Gasteiger partial charge in [0.1, 0.15) is 0 Å². The monoisotopic (exact) mass is 212 g/mol. The van der Waals surface area contributed by atoms with Crippen molar-refractivity contribution < 1.29 is 17.0 Å². The fourth-order valence-corrected chi connectivity index (χ4v) is 3.29. The molecule has 0 saturated heterocycles. The molecule has 0 aliphatic heterocycles. The third-order valence-corrected chi connectivity index (χ3v) is 2.74. The fraction of sp³-hybridized carbons (Fsp3) is 1.00. The quantitative estimate of drug-likeness (QED) is 0.545. The van der Waals surface area contributed by atoms with Gasteiger partial charge in [0, 0.05) is 27.3 Å². The van der Waals surface area contributed by atoms with Crippen LogP contribution in [0.2, 0.25) is 0 Å². The van der Waals surface area contributed by atoms with Gasteiger partial charge < -0.3 is 17.0 Å². The lowest BCUT2D eigenvalue weighted by Crippen LogP contribution is -3.00. The molecule has 9 heavy (non-hydrogen) atoms. The van der Waals surface area contributed by atoms with Gasteiger partial charge in [-0.3, -0.25) is 0 Å². The second-order valence-electron chi connectivity index (χ2n) is 3.87. The fourth-order valence-electron chi connectivity index (χ4n) is 1.10. The van der Waals surface area contributed by atoms with E-state index in [4.69, 9.17) is 0 Å². The van der Waals surface area contributed by atoms with Crippen molar-refractivity contribution in [1.29, 1.82) is 0 Å². The van der Waals surface area contributed by atoms with Crippen molar-refractivity contribution in [3.8, 4) is 0 Å². The van der Waals surface area contributed by atoms with E-state index in [1.165, 1.54) is 6.16 Å². The third-order valence-electron chi connectivity index (χ3n) is 0.913. The van der Waals surface area contributed by atoms with E-state index in [1.807, 2.05) is 0 Å². The van der Waals surface area contributed by atoms with E-state index in [2.05, 4.69) is 33.8 Å². The number of hydrogen-bond acceptors (Lipinski definition) is 0. The molecule has 0 amide bonds. The maximum Gasteiger partial charge on any atom is 0.0609 e. The van der Waals surface area contributed by atoms with Crippen molar-refractivity contribution in [2.75, 3.05) is 26.2 Å². The van der Waals surface area contributed by atoms with Crippen LogP contribution in [0, 0.1) is 5.92 Å². The minimum atomic E-state index is -0.472. The van der Waals surface area contributed by atoms with Crippen LogP contribution < -0.4 is 17.0 Å². The first-order chi connectivity index (χ1) is 3.42. The first kappa shape index (κ1) is 12.6. The minimum absolute atomic E-state index is 0. The van der Waals surface area contributed by atoms with E-state index in [0.717, 1.165) is 5.92 Å². The molecule has 0 aliphatic carbocycles. The highest BCUT2D eigenvalue weighted by atomic mass is 79.9. The predicted molar refractivity (Wildman–Crippen MR) is 44.4 cm³/mol. The van der Waals surface area contributed by atoms with Crippen molar-refractivity contribution in [1.82, 2.24) is 0 Å². The molecule has 0 heterocycles. The maximum atomic E-state index is 2.40. The third kappa shape index (κ3) is 12.2. The first-order valence-corrected chi connectivity index (χ1v) is 6.54. The summed E-state index contributed by atoms with van der Waals surface area (Å²) >= 11 is 0. The molecule has 0 aliphatic rings. The minimum Gasteiger partial charge on any atom is -1.00 e. The second kappa shape index (κ2) is 4.68. The summed E-state index contributed by atoms with van der Waals surface area (Å²) in [7, 11) is -0.472. The molecule has 0 aromatic heterocycles. The van der Waals surface area contributed by atoms with Crippen LogP contribution in [0.15, 0.2) is 0 Å². The summed E-state index contributed by atoms with van der Waals surface area (Å²) in [5.74, 6) is 0.892. The summed E-state index contributed by atoms with van der Waals surface area (Å²) < 4.78 is 0. The van der Waals surface area contributed by atoms with Crippen molar-refractivity contribution in [2.45, 2.75) is 13.8 Å². The van der Waals surface area contributed by atoms with E-state index in [0.29, 0.717) is 0 Å². The molecule has 0 rings (SSSR count). The summed E-state index contributed by atoms with van der Waals surface area (Å²) in [6, 6.07) is 0. The van der Waals surface area contributed by atoms with Gasteiger partial charge in [-0.25, -0.2) is 0 Å². The van der Waals surface area contributed by atoms with Crippen molar-refractivity contribution in [2.24, 2.45) is 5.92 Å². The smallest absolute Gasteiger partial charge is 0.0609 e. The topological polar surface area (TPSA) is 0 Å². The molecule has 0 unspecified atom stereocenters. The van der Waals surface area contributed by atoms with Crippen molar-refractivity contribution >= 4 is 7.26 Å². The zero-order chi connectivity index (χ0) is 6.78. The van der Waals surface area contributed by atoms with Crippen molar-refractivity contribution in [3.63, 3.8) is 0 Å². The van der Waals surface area contributed by atoms with Gasteiger partial charge in [0.25, 0.3) is 0 Å². The summed E-state index contributed by atoms with van der Waals surface area (Å²) in [5.41, 5.74) is 0. The van der Waals surface area contributed by atoms with Gasteiger partial charge in [-0.1, -0.05) is 13.8 Å². The molecule has 0 N–H and O–H groups in total. The summed E-state index contributed by atoms with van der Waals surface area (Å²) in [6.45, 7) is 11.8. The molecular formula is C7H18BrP. The Labute approximate surface area is 70.5 Å². The average molecular weight is 213 g/mol. The largest absolute Gasteiger partial charge is 1.00 e. The standard InChI is InChI=1S/C7H18P.BrH/c1-7(2)6-8(3,4)5;/h7H,6H2,1-5H3;1H/q+1;/p-1. The highest BCUT2D eigenvalue weighted by Gasteiger charge is 2.17. The zero-order valence-electron chi connectivity index (χ0n) is 7.11. The van der Waals surface area contributed by atoms with Gasteiger partial charge in [-0.05, 0) is 5.92 Å².